The molecule has 0 fully saturated rings. The summed E-state index contributed by atoms with van der Waals surface area (Å²) >= 11 is 3.42. The number of carbonyl (C=O) groups excluding carboxylic acids is 2. The largest absolute Gasteiger partial charge is 0.352 e. The Morgan fingerprint density at radius 1 is 0.974 bits per heavy atom. The average molecular weight is 619 g/mol. The molecular formula is C29H33BrFN3O4S. The Kier molecular flexibility index (Phi) is 10.3. The quantitative estimate of drug-likeness (QED) is 0.334. The Labute approximate surface area is 238 Å². The normalized spacial score (nSPS) is 12.2. The molecule has 7 nitrogen and oxygen atoms in total. The van der Waals surface area contributed by atoms with Gasteiger partial charge in [-0.3, -0.25) is 13.9 Å². The molecule has 0 aromatic heterocycles. The number of halogens is 2. The van der Waals surface area contributed by atoms with Crippen molar-refractivity contribution < 1.29 is 22.4 Å². The van der Waals surface area contributed by atoms with Gasteiger partial charge in [-0.05, 0) is 67.8 Å². The Balaban J connectivity index is 2.06. The first-order valence-electron chi connectivity index (χ1n) is 12.5. The third-order valence-corrected chi connectivity index (χ3v) is 8.11. The average Bonchev–Trinajstić information content (AvgIpc) is 2.87. The lowest BCUT2D eigenvalue weighted by molar-refractivity contribution is -0.140. The molecule has 208 valence electrons. The van der Waals surface area contributed by atoms with E-state index >= 15 is 0 Å². The molecule has 39 heavy (non-hydrogen) atoms. The second kappa shape index (κ2) is 13.2. The monoisotopic (exact) mass is 617 g/mol. The van der Waals surface area contributed by atoms with E-state index in [-0.39, 0.29) is 24.9 Å². The lowest BCUT2D eigenvalue weighted by Crippen LogP contribution is -2.54. The maximum Gasteiger partial charge on any atom is 0.244 e. The van der Waals surface area contributed by atoms with E-state index in [1.807, 2.05) is 51.1 Å². The van der Waals surface area contributed by atoms with Crippen molar-refractivity contribution in [2.45, 2.75) is 45.8 Å². The maximum absolute atomic E-state index is 14.0. The van der Waals surface area contributed by atoms with Crippen molar-refractivity contribution in [3.63, 3.8) is 0 Å². The fourth-order valence-electron chi connectivity index (χ4n) is 4.12. The van der Waals surface area contributed by atoms with E-state index in [1.54, 1.807) is 30.3 Å². The van der Waals surface area contributed by atoms with Gasteiger partial charge in [0.2, 0.25) is 21.8 Å². The summed E-state index contributed by atoms with van der Waals surface area (Å²) in [5, 5.41) is 2.89. The highest BCUT2D eigenvalue weighted by Crippen LogP contribution is 2.25. The summed E-state index contributed by atoms with van der Waals surface area (Å²) in [6.45, 7) is 4.94. The van der Waals surface area contributed by atoms with E-state index in [0.717, 1.165) is 26.2 Å². The number of aryl methyl sites for hydroxylation is 1. The number of nitrogens with zero attached hydrogens (tertiary/aromatic N) is 2. The van der Waals surface area contributed by atoms with Crippen LogP contribution in [-0.4, -0.2) is 50.0 Å². The van der Waals surface area contributed by atoms with Crippen LogP contribution in [0.1, 0.15) is 30.5 Å². The number of hydrogen-bond acceptors (Lipinski definition) is 4. The van der Waals surface area contributed by atoms with Crippen molar-refractivity contribution >= 4 is 43.5 Å². The lowest BCUT2D eigenvalue weighted by atomic mass is 10.0. The molecule has 1 atom stereocenters. The molecule has 0 heterocycles. The van der Waals surface area contributed by atoms with Crippen molar-refractivity contribution in [2.24, 2.45) is 0 Å². The van der Waals surface area contributed by atoms with Gasteiger partial charge in [0.25, 0.3) is 0 Å². The third-order valence-electron chi connectivity index (χ3n) is 6.08. The van der Waals surface area contributed by atoms with Crippen LogP contribution in [0.5, 0.6) is 0 Å². The predicted molar refractivity (Wildman–Crippen MR) is 155 cm³/mol. The Hall–Kier alpha value is -3.24. The molecule has 0 aliphatic carbocycles. The minimum Gasteiger partial charge on any atom is -0.352 e. The van der Waals surface area contributed by atoms with Gasteiger partial charge in [-0.15, -0.1) is 0 Å². The summed E-state index contributed by atoms with van der Waals surface area (Å²) in [4.78, 5) is 28.8. The topological polar surface area (TPSA) is 86.8 Å². The van der Waals surface area contributed by atoms with Crippen LogP contribution in [0, 0.1) is 12.7 Å². The first-order valence-corrected chi connectivity index (χ1v) is 15.1. The van der Waals surface area contributed by atoms with Crippen LogP contribution in [0.3, 0.4) is 0 Å². The van der Waals surface area contributed by atoms with Gasteiger partial charge in [0.05, 0.1) is 11.9 Å². The number of benzene rings is 3. The highest BCUT2D eigenvalue weighted by molar-refractivity contribution is 9.10. The molecule has 3 aromatic rings. The molecule has 2 amide bonds. The number of rotatable bonds is 11. The van der Waals surface area contributed by atoms with E-state index < -0.39 is 34.3 Å². The molecule has 3 rings (SSSR count). The molecule has 0 saturated heterocycles. The number of hydrogen-bond donors (Lipinski definition) is 1. The van der Waals surface area contributed by atoms with Gasteiger partial charge in [0.15, 0.2) is 0 Å². The van der Waals surface area contributed by atoms with Gasteiger partial charge in [0.1, 0.15) is 18.4 Å². The Morgan fingerprint density at radius 2 is 1.62 bits per heavy atom. The zero-order valence-electron chi connectivity index (χ0n) is 22.4. The number of amides is 2. The lowest BCUT2D eigenvalue weighted by Gasteiger charge is -2.34. The second-order valence-corrected chi connectivity index (χ2v) is 12.5. The van der Waals surface area contributed by atoms with Crippen molar-refractivity contribution in [1.29, 1.82) is 0 Å². The second-order valence-electron chi connectivity index (χ2n) is 9.72. The summed E-state index contributed by atoms with van der Waals surface area (Å²) < 4.78 is 41.2. The Morgan fingerprint density at radius 3 is 2.18 bits per heavy atom. The summed E-state index contributed by atoms with van der Waals surface area (Å²) in [5.74, 6) is -1.36. The van der Waals surface area contributed by atoms with Gasteiger partial charge >= 0.3 is 0 Å². The summed E-state index contributed by atoms with van der Waals surface area (Å²) in [6.07, 6.45) is 1.25. The fourth-order valence-corrected chi connectivity index (χ4v) is 5.21. The van der Waals surface area contributed by atoms with Crippen LogP contribution in [0.25, 0.3) is 0 Å². The molecule has 1 N–H and O–H groups in total. The predicted octanol–water partition coefficient (Wildman–Crippen LogP) is 4.83. The maximum atomic E-state index is 14.0. The first-order chi connectivity index (χ1) is 18.3. The molecule has 0 aliphatic heterocycles. The van der Waals surface area contributed by atoms with Crippen LogP contribution in [-0.2, 0) is 32.6 Å². The molecule has 10 heteroatoms. The summed E-state index contributed by atoms with van der Waals surface area (Å²) in [7, 11) is -3.86. The van der Waals surface area contributed by atoms with Crippen molar-refractivity contribution in [3.8, 4) is 0 Å². The van der Waals surface area contributed by atoms with Gasteiger partial charge in [0, 0.05) is 23.5 Å². The molecule has 0 spiro atoms. The SMILES string of the molecule is Cc1cc(N(CC(=O)N(Cc2ccc(F)cc2)C(Cc2ccccc2)C(=O)NC(C)C)S(C)(=O)=O)ccc1Br. The summed E-state index contributed by atoms with van der Waals surface area (Å²) in [6, 6.07) is 18.8. The number of anilines is 1. The number of carbonyl (C=O) groups is 2. The smallest absolute Gasteiger partial charge is 0.244 e. The van der Waals surface area contributed by atoms with Gasteiger partial charge in [-0.25, -0.2) is 12.8 Å². The van der Waals surface area contributed by atoms with Crippen molar-refractivity contribution in [3.05, 3.63) is 99.8 Å². The van der Waals surface area contributed by atoms with E-state index in [1.165, 1.54) is 17.0 Å². The minimum atomic E-state index is -3.86. The number of sulfonamides is 1. The molecule has 0 saturated carbocycles. The number of nitrogens with one attached hydrogen (secondary N) is 1. The van der Waals surface area contributed by atoms with Crippen LogP contribution in [0.15, 0.2) is 77.3 Å². The van der Waals surface area contributed by atoms with E-state index in [9.17, 15) is 22.4 Å². The molecule has 1 unspecified atom stereocenters. The third kappa shape index (κ3) is 8.63. The van der Waals surface area contributed by atoms with E-state index in [4.69, 9.17) is 0 Å². The van der Waals surface area contributed by atoms with Crippen LogP contribution < -0.4 is 9.62 Å². The summed E-state index contributed by atoms with van der Waals surface area (Å²) in [5.41, 5.74) is 2.57. The van der Waals surface area contributed by atoms with Crippen LogP contribution in [0.4, 0.5) is 10.1 Å². The molecule has 0 radical (unpaired) electrons. The van der Waals surface area contributed by atoms with Gasteiger partial charge < -0.3 is 10.2 Å². The highest BCUT2D eigenvalue weighted by atomic mass is 79.9. The van der Waals surface area contributed by atoms with Gasteiger partial charge in [-0.2, -0.15) is 0 Å². The van der Waals surface area contributed by atoms with Crippen molar-refractivity contribution in [2.75, 3.05) is 17.1 Å². The molecular weight excluding hydrogens is 585 g/mol. The zero-order valence-corrected chi connectivity index (χ0v) is 24.8. The fraction of sp³-hybridized carbons (Fsp3) is 0.310. The minimum absolute atomic E-state index is 0.0148. The molecule has 3 aromatic carbocycles. The van der Waals surface area contributed by atoms with Crippen LogP contribution in [0.2, 0.25) is 0 Å². The standard InChI is InChI=1S/C29H33BrFN3O4S/c1-20(2)32-29(36)27(17-22-8-6-5-7-9-22)33(18-23-10-12-24(31)13-11-23)28(35)19-34(39(4,37)38)25-14-15-26(30)21(3)16-25/h5-16,20,27H,17-19H2,1-4H3,(H,32,36). The zero-order chi connectivity index (χ0) is 28.7. The molecule has 0 bridgehead atoms. The van der Waals surface area contributed by atoms with Gasteiger partial charge in [-0.1, -0.05) is 58.4 Å². The van der Waals surface area contributed by atoms with Crippen LogP contribution >= 0.6 is 15.9 Å². The first kappa shape index (κ1) is 30.3. The Bertz CT molecular complexity index is 1400. The van der Waals surface area contributed by atoms with Crippen molar-refractivity contribution in [1.82, 2.24) is 10.2 Å². The highest BCUT2D eigenvalue weighted by Gasteiger charge is 2.33. The van der Waals surface area contributed by atoms with E-state index in [2.05, 4.69) is 21.2 Å². The molecule has 0 aliphatic rings. The van der Waals surface area contributed by atoms with E-state index in [0.29, 0.717) is 11.3 Å².